The number of hydrogen-bond donors (Lipinski definition) is 1. The van der Waals surface area contributed by atoms with E-state index in [9.17, 15) is 0 Å². The van der Waals surface area contributed by atoms with Gasteiger partial charge in [0.05, 0.1) is 6.54 Å². The molecule has 1 N–H and O–H groups in total. The van der Waals surface area contributed by atoms with E-state index in [1.54, 1.807) is 7.11 Å². The highest BCUT2D eigenvalue weighted by molar-refractivity contribution is 5.85. The number of hydrogen-bond acceptors (Lipinski definition) is 3. The van der Waals surface area contributed by atoms with Gasteiger partial charge in [-0.25, -0.2) is 0 Å². The summed E-state index contributed by atoms with van der Waals surface area (Å²) in [6.07, 6.45) is 3.57. The second-order valence-corrected chi connectivity index (χ2v) is 3.74. The summed E-state index contributed by atoms with van der Waals surface area (Å²) < 4.78 is 10.4. The lowest BCUT2D eigenvalue weighted by Gasteiger charge is -2.02. The van der Waals surface area contributed by atoms with Gasteiger partial charge in [0.25, 0.3) is 0 Å². The fourth-order valence-electron chi connectivity index (χ4n) is 1.46. The zero-order chi connectivity index (χ0) is 10.9. The first-order valence-electron chi connectivity index (χ1n) is 5.58. The molecule has 0 aliphatic rings. The van der Waals surface area contributed by atoms with Gasteiger partial charge in [-0.05, 0) is 44.9 Å². The minimum atomic E-state index is 0. The van der Waals surface area contributed by atoms with E-state index in [0.717, 1.165) is 37.6 Å². The molecule has 0 aliphatic heterocycles. The second-order valence-electron chi connectivity index (χ2n) is 3.74. The molecule has 3 nitrogen and oxygen atoms in total. The third-order valence-electron chi connectivity index (χ3n) is 2.30. The quantitative estimate of drug-likeness (QED) is 0.718. The number of nitrogens with one attached hydrogen (secondary N) is 1. The Bertz CT molecular complexity index is 263. The molecule has 0 bridgehead atoms. The smallest absolute Gasteiger partial charge is 0.117 e. The maximum absolute atomic E-state index is 5.45. The maximum atomic E-state index is 5.45. The summed E-state index contributed by atoms with van der Waals surface area (Å²) in [5.74, 6) is 2.00. The van der Waals surface area contributed by atoms with Crippen LogP contribution in [0.3, 0.4) is 0 Å². The lowest BCUT2D eigenvalue weighted by molar-refractivity contribution is 0.192. The van der Waals surface area contributed by atoms with Crippen molar-refractivity contribution in [2.45, 2.75) is 32.7 Å². The van der Waals surface area contributed by atoms with Gasteiger partial charge in [0.15, 0.2) is 0 Å². The number of halogens is 1. The molecule has 1 heterocycles. The molecule has 0 aromatic carbocycles. The molecule has 0 saturated carbocycles. The first kappa shape index (κ1) is 15.5. The topological polar surface area (TPSA) is 34.4 Å². The van der Waals surface area contributed by atoms with Crippen molar-refractivity contribution in [2.24, 2.45) is 0 Å². The summed E-state index contributed by atoms with van der Waals surface area (Å²) >= 11 is 0. The fourth-order valence-corrected chi connectivity index (χ4v) is 1.46. The van der Waals surface area contributed by atoms with Crippen LogP contribution in [0, 0.1) is 6.92 Å². The van der Waals surface area contributed by atoms with E-state index in [0.29, 0.717) is 0 Å². The molecule has 0 spiro atoms. The molecule has 0 unspecified atom stereocenters. The summed E-state index contributed by atoms with van der Waals surface area (Å²) in [6, 6.07) is 4.02. The van der Waals surface area contributed by atoms with Crippen LogP contribution in [0.5, 0.6) is 0 Å². The van der Waals surface area contributed by atoms with E-state index in [2.05, 4.69) is 5.32 Å². The molecule has 4 heteroatoms. The number of aryl methyl sites for hydroxylation is 1. The van der Waals surface area contributed by atoms with Crippen molar-refractivity contribution >= 4 is 12.4 Å². The standard InChI is InChI=1S/C12H21NO2.ClH/c1-11-6-7-12(15-11)10-13-8-4-3-5-9-14-2;/h6-7,13H,3-5,8-10H2,1-2H3;1H. The van der Waals surface area contributed by atoms with E-state index in [1.165, 1.54) is 12.8 Å². The van der Waals surface area contributed by atoms with Gasteiger partial charge in [0.1, 0.15) is 11.5 Å². The third kappa shape index (κ3) is 6.88. The molecular formula is C12H22ClNO2. The van der Waals surface area contributed by atoms with Crippen molar-refractivity contribution in [1.82, 2.24) is 5.32 Å². The highest BCUT2D eigenvalue weighted by atomic mass is 35.5. The number of ether oxygens (including phenoxy) is 1. The molecule has 16 heavy (non-hydrogen) atoms. The Kier molecular flexibility index (Phi) is 9.39. The van der Waals surface area contributed by atoms with Gasteiger partial charge in [0, 0.05) is 13.7 Å². The van der Waals surface area contributed by atoms with Gasteiger partial charge in [-0.1, -0.05) is 0 Å². The van der Waals surface area contributed by atoms with Crippen LogP contribution in [0.4, 0.5) is 0 Å². The Hall–Kier alpha value is -0.510. The van der Waals surface area contributed by atoms with Crippen LogP contribution in [0.15, 0.2) is 16.5 Å². The molecular weight excluding hydrogens is 226 g/mol. The van der Waals surface area contributed by atoms with Crippen LogP contribution in [0.1, 0.15) is 30.8 Å². The number of rotatable bonds is 8. The monoisotopic (exact) mass is 247 g/mol. The van der Waals surface area contributed by atoms with Crippen molar-refractivity contribution in [1.29, 1.82) is 0 Å². The summed E-state index contributed by atoms with van der Waals surface area (Å²) in [6.45, 7) is 4.72. The van der Waals surface area contributed by atoms with E-state index in [4.69, 9.17) is 9.15 Å². The van der Waals surface area contributed by atoms with Gasteiger partial charge < -0.3 is 14.5 Å². The molecule has 1 aromatic heterocycles. The molecule has 1 aromatic rings. The summed E-state index contributed by atoms with van der Waals surface area (Å²) in [5, 5.41) is 3.36. The highest BCUT2D eigenvalue weighted by Gasteiger charge is 1.96. The first-order chi connectivity index (χ1) is 7.33. The first-order valence-corrected chi connectivity index (χ1v) is 5.58. The Balaban J connectivity index is 0.00000225. The minimum Gasteiger partial charge on any atom is -0.465 e. The zero-order valence-corrected chi connectivity index (χ0v) is 10.9. The van der Waals surface area contributed by atoms with Crippen molar-refractivity contribution in [3.05, 3.63) is 23.7 Å². The number of furan rings is 1. The Morgan fingerprint density at radius 1 is 1.25 bits per heavy atom. The van der Waals surface area contributed by atoms with Crippen LogP contribution in [-0.4, -0.2) is 20.3 Å². The van der Waals surface area contributed by atoms with Gasteiger partial charge >= 0.3 is 0 Å². The average Bonchev–Trinajstić information content (AvgIpc) is 2.63. The van der Waals surface area contributed by atoms with Gasteiger partial charge in [-0.15, -0.1) is 12.4 Å². The Labute approximate surface area is 104 Å². The Morgan fingerprint density at radius 3 is 2.69 bits per heavy atom. The van der Waals surface area contributed by atoms with Gasteiger partial charge in [0.2, 0.25) is 0 Å². The van der Waals surface area contributed by atoms with Crippen LogP contribution in [-0.2, 0) is 11.3 Å². The molecule has 0 saturated heterocycles. The molecule has 0 fully saturated rings. The minimum absolute atomic E-state index is 0. The van der Waals surface area contributed by atoms with Crippen LogP contribution < -0.4 is 5.32 Å². The molecule has 1 rings (SSSR count). The lowest BCUT2D eigenvalue weighted by Crippen LogP contribution is -2.14. The second kappa shape index (κ2) is 9.70. The maximum Gasteiger partial charge on any atom is 0.117 e. The van der Waals surface area contributed by atoms with Crippen molar-refractivity contribution in [3.63, 3.8) is 0 Å². The number of unbranched alkanes of at least 4 members (excludes halogenated alkanes) is 2. The Morgan fingerprint density at radius 2 is 2.06 bits per heavy atom. The van der Waals surface area contributed by atoms with E-state index in [1.807, 2.05) is 19.1 Å². The lowest BCUT2D eigenvalue weighted by atomic mass is 10.2. The SMILES string of the molecule is COCCCCCNCc1ccc(C)o1.Cl. The number of methoxy groups -OCH3 is 1. The largest absolute Gasteiger partial charge is 0.465 e. The van der Waals surface area contributed by atoms with Gasteiger partial charge in [-0.3, -0.25) is 0 Å². The predicted octanol–water partition coefficient (Wildman–Crippen LogP) is 2.92. The van der Waals surface area contributed by atoms with E-state index < -0.39 is 0 Å². The van der Waals surface area contributed by atoms with Crippen LogP contribution in [0.2, 0.25) is 0 Å². The van der Waals surface area contributed by atoms with Crippen LogP contribution in [0.25, 0.3) is 0 Å². The zero-order valence-electron chi connectivity index (χ0n) is 10.1. The molecule has 0 aliphatic carbocycles. The fraction of sp³-hybridized carbons (Fsp3) is 0.667. The predicted molar refractivity (Wildman–Crippen MR) is 68.1 cm³/mol. The molecule has 0 atom stereocenters. The van der Waals surface area contributed by atoms with Crippen molar-refractivity contribution in [3.8, 4) is 0 Å². The average molecular weight is 248 g/mol. The third-order valence-corrected chi connectivity index (χ3v) is 2.30. The summed E-state index contributed by atoms with van der Waals surface area (Å²) in [5.41, 5.74) is 0. The highest BCUT2D eigenvalue weighted by Crippen LogP contribution is 2.05. The van der Waals surface area contributed by atoms with Crippen molar-refractivity contribution < 1.29 is 9.15 Å². The van der Waals surface area contributed by atoms with Crippen molar-refractivity contribution in [2.75, 3.05) is 20.3 Å². The summed E-state index contributed by atoms with van der Waals surface area (Å²) in [4.78, 5) is 0. The molecule has 0 amide bonds. The van der Waals surface area contributed by atoms with Gasteiger partial charge in [-0.2, -0.15) is 0 Å². The van der Waals surface area contributed by atoms with E-state index in [-0.39, 0.29) is 12.4 Å². The normalized spacial score (nSPS) is 10.1. The molecule has 94 valence electrons. The van der Waals surface area contributed by atoms with E-state index >= 15 is 0 Å². The molecule has 0 radical (unpaired) electrons. The summed E-state index contributed by atoms with van der Waals surface area (Å²) in [7, 11) is 1.75. The van der Waals surface area contributed by atoms with Crippen LogP contribution >= 0.6 is 12.4 Å².